The number of rotatable bonds is 2. The van der Waals surface area contributed by atoms with Gasteiger partial charge in [0.2, 0.25) is 0 Å². The van der Waals surface area contributed by atoms with Crippen LogP contribution < -0.4 is 0 Å². The number of halogens is 1. The number of nitrogens with zero attached hydrogens (tertiary/aromatic N) is 1. The van der Waals surface area contributed by atoms with Crippen molar-refractivity contribution in [3.8, 4) is 0 Å². The van der Waals surface area contributed by atoms with Crippen LogP contribution >= 0.6 is 11.6 Å². The number of fused-ring (bicyclic) bond motifs is 1. The maximum Gasteiger partial charge on any atom is 0.306 e. The Bertz CT molecular complexity index is 496. The van der Waals surface area contributed by atoms with E-state index in [1.807, 2.05) is 20.8 Å². The van der Waals surface area contributed by atoms with E-state index in [-0.39, 0.29) is 18.3 Å². The van der Waals surface area contributed by atoms with Crippen molar-refractivity contribution in [1.29, 1.82) is 0 Å². The number of aromatic nitrogens is 1. The van der Waals surface area contributed by atoms with Gasteiger partial charge >= 0.3 is 5.97 Å². The van der Waals surface area contributed by atoms with Crippen LogP contribution in [0.25, 0.3) is 0 Å². The molecule has 0 amide bonds. The van der Waals surface area contributed by atoms with Gasteiger partial charge in [-0.15, -0.1) is 0 Å². The standard InChI is InChI=1S/C14H18ClNO3/c1-14(2,3)19-12(17)6-9-4-8-5-11(15)16-7-10(8)13(9)18/h5,7,9,13,18H,4,6H2,1-3H3/t9?,13-/m0/s1. The van der Waals surface area contributed by atoms with Crippen molar-refractivity contribution in [1.82, 2.24) is 4.98 Å². The van der Waals surface area contributed by atoms with E-state index in [9.17, 15) is 9.90 Å². The number of hydrogen-bond acceptors (Lipinski definition) is 4. The highest BCUT2D eigenvalue weighted by Crippen LogP contribution is 2.38. The van der Waals surface area contributed by atoms with E-state index in [0.29, 0.717) is 11.6 Å². The van der Waals surface area contributed by atoms with E-state index in [2.05, 4.69) is 4.98 Å². The monoisotopic (exact) mass is 283 g/mol. The van der Waals surface area contributed by atoms with Gasteiger partial charge in [0.25, 0.3) is 0 Å². The van der Waals surface area contributed by atoms with Crippen LogP contribution in [0.3, 0.4) is 0 Å². The molecule has 0 saturated heterocycles. The molecule has 0 saturated carbocycles. The van der Waals surface area contributed by atoms with Gasteiger partial charge in [-0.2, -0.15) is 0 Å². The van der Waals surface area contributed by atoms with Crippen molar-refractivity contribution >= 4 is 17.6 Å². The molecular formula is C14H18ClNO3. The van der Waals surface area contributed by atoms with Crippen LogP contribution in [0.15, 0.2) is 12.3 Å². The summed E-state index contributed by atoms with van der Waals surface area (Å²) in [7, 11) is 0. The molecule has 1 heterocycles. The second-order valence-electron chi connectivity index (χ2n) is 5.91. The minimum Gasteiger partial charge on any atom is -0.460 e. The fourth-order valence-electron chi connectivity index (χ4n) is 2.35. The highest BCUT2D eigenvalue weighted by Gasteiger charge is 2.34. The molecule has 2 rings (SSSR count). The first kappa shape index (κ1) is 14.3. The number of carbonyl (C=O) groups is 1. The van der Waals surface area contributed by atoms with Crippen LogP contribution in [0.4, 0.5) is 0 Å². The Morgan fingerprint density at radius 1 is 1.58 bits per heavy atom. The first-order chi connectivity index (χ1) is 8.76. The predicted octanol–water partition coefficient (Wildman–Crippen LogP) is 2.67. The number of hydrogen-bond donors (Lipinski definition) is 1. The Hall–Kier alpha value is -1.13. The third-order valence-corrected chi connectivity index (χ3v) is 3.29. The van der Waals surface area contributed by atoms with Gasteiger partial charge in [0, 0.05) is 17.7 Å². The second kappa shape index (κ2) is 5.10. The molecule has 1 aliphatic carbocycles. The Morgan fingerprint density at radius 3 is 2.89 bits per heavy atom. The summed E-state index contributed by atoms with van der Waals surface area (Å²) in [6, 6.07) is 1.75. The zero-order valence-corrected chi connectivity index (χ0v) is 12.1. The van der Waals surface area contributed by atoms with E-state index in [1.54, 1.807) is 12.3 Å². The summed E-state index contributed by atoms with van der Waals surface area (Å²) in [6.45, 7) is 5.48. The molecule has 5 heteroatoms. The number of esters is 1. The minimum absolute atomic E-state index is 0.162. The van der Waals surface area contributed by atoms with E-state index in [1.165, 1.54) is 0 Å². The molecule has 1 unspecified atom stereocenters. The third-order valence-electron chi connectivity index (χ3n) is 3.09. The normalized spacial score (nSPS) is 22.2. The highest BCUT2D eigenvalue weighted by molar-refractivity contribution is 6.29. The molecule has 0 bridgehead atoms. The third kappa shape index (κ3) is 3.45. The topological polar surface area (TPSA) is 59.4 Å². The Morgan fingerprint density at radius 2 is 2.26 bits per heavy atom. The largest absolute Gasteiger partial charge is 0.460 e. The fourth-order valence-corrected chi connectivity index (χ4v) is 2.53. The van der Waals surface area contributed by atoms with Gasteiger partial charge < -0.3 is 9.84 Å². The first-order valence-electron chi connectivity index (χ1n) is 6.30. The smallest absolute Gasteiger partial charge is 0.306 e. The number of ether oxygens (including phenoxy) is 1. The molecular weight excluding hydrogens is 266 g/mol. The first-order valence-corrected chi connectivity index (χ1v) is 6.68. The molecule has 1 aromatic heterocycles. The summed E-state index contributed by atoms with van der Waals surface area (Å²) in [5.74, 6) is -0.450. The lowest BCUT2D eigenvalue weighted by Gasteiger charge is -2.21. The zero-order chi connectivity index (χ0) is 14.2. The number of aliphatic hydroxyl groups excluding tert-OH is 1. The lowest BCUT2D eigenvalue weighted by molar-refractivity contribution is -0.156. The molecule has 104 valence electrons. The van der Waals surface area contributed by atoms with Gasteiger partial charge in [0.1, 0.15) is 10.8 Å². The van der Waals surface area contributed by atoms with Gasteiger partial charge in [-0.05, 0) is 38.8 Å². The van der Waals surface area contributed by atoms with E-state index < -0.39 is 11.7 Å². The molecule has 0 fully saturated rings. The zero-order valence-electron chi connectivity index (χ0n) is 11.3. The molecule has 1 aromatic rings. The summed E-state index contributed by atoms with van der Waals surface area (Å²) < 4.78 is 5.28. The van der Waals surface area contributed by atoms with Gasteiger partial charge in [-0.1, -0.05) is 11.6 Å². The van der Waals surface area contributed by atoms with Crippen molar-refractivity contribution in [3.63, 3.8) is 0 Å². The van der Waals surface area contributed by atoms with Gasteiger partial charge in [0.15, 0.2) is 0 Å². The molecule has 1 N–H and O–H groups in total. The number of pyridine rings is 1. The average molecular weight is 284 g/mol. The SMILES string of the molecule is CC(C)(C)OC(=O)CC1Cc2cc(Cl)ncc2[C@H]1O. The molecule has 0 aromatic carbocycles. The van der Waals surface area contributed by atoms with E-state index in [0.717, 1.165) is 11.1 Å². The molecule has 2 atom stereocenters. The highest BCUT2D eigenvalue weighted by atomic mass is 35.5. The van der Waals surface area contributed by atoms with Gasteiger partial charge in [-0.25, -0.2) is 4.98 Å². The Balaban J connectivity index is 2.04. The summed E-state index contributed by atoms with van der Waals surface area (Å²) in [5, 5.41) is 10.6. The van der Waals surface area contributed by atoms with Crippen molar-refractivity contribution in [2.75, 3.05) is 0 Å². The molecule has 0 spiro atoms. The van der Waals surface area contributed by atoms with Crippen LogP contribution in [0.2, 0.25) is 5.15 Å². The molecule has 4 nitrogen and oxygen atoms in total. The van der Waals surface area contributed by atoms with Crippen molar-refractivity contribution < 1.29 is 14.6 Å². The van der Waals surface area contributed by atoms with Crippen LogP contribution in [-0.4, -0.2) is 21.7 Å². The van der Waals surface area contributed by atoms with Crippen LogP contribution in [0, 0.1) is 5.92 Å². The maximum absolute atomic E-state index is 11.8. The predicted molar refractivity (Wildman–Crippen MR) is 71.9 cm³/mol. The van der Waals surface area contributed by atoms with Gasteiger partial charge in [-0.3, -0.25) is 4.79 Å². The number of aliphatic hydroxyl groups is 1. The second-order valence-corrected chi connectivity index (χ2v) is 6.29. The Labute approximate surface area is 117 Å². The number of carbonyl (C=O) groups excluding carboxylic acids is 1. The summed E-state index contributed by atoms with van der Waals surface area (Å²) in [4.78, 5) is 15.8. The van der Waals surface area contributed by atoms with E-state index >= 15 is 0 Å². The van der Waals surface area contributed by atoms with Gasteiger partial charge in [0.05, 0.1) is 12.5 Å². The van der Waals surface area contributed by atoms with Crippen molar-refractivity contribution in [2.45, 2.75) is 45.3 Å². The molecule has 0 radical (unpaired) electrons. The van der Waals surface area contributed by atoms with Crippen molar-refractivity contribution in [2.24, 2.45) is 5.92 Å². The Kier molecular flexibility index (Phi) is 3.83. The summed E-state index contributed by atoms with van der Waals surface area (Å²) in [5.41, 5.74) is 1.22. The lowest BCUT2D eigenvalue weighted by Crippen LogP contribution is -2.26. The molecule has 1 aliphatic rings. The summed E-state index contributed by atoms with van der Waals surface area (Å²) >= 11 is 5.83. The quantitative estimate of drug-likeness (QED) is 0.670. The van der Waals surface area contributed by atoms with Crippen LogP contribution in [0.5, 0.6) is 0 Å². The van der Waals surface area contributed by atoms with Crippen molar-refractivity contribution in [3.05, 3.63) is 28.5 Å². The fraction of sp³-hybridized carbons (Fsp3) is 0.571. The lowest BCUT2D eigenvalue weighted by atomic mass is 10.00. The van der Waals surface area contributed by atoms with Crippen LogP contribution in [-0.2, 0) is 16.0 Å². The van der Waals surface area contributed by atoms with Crippen LogP contribution in [0.1, 0.15) is 44.4 Å². The maximum atomic E-state index is 11.8. The van der Waals surface area contributed by atoms with E-state index in [4.69, 9.17) is 16.3 Å². The average Bonchev–Trinajstić information content (AvgIpc) is 2.52. The summed E-state index contributed by atoms with van der Waals surface area (Å²) in [6.07, 6.45) is 1.73. The minimum atomic E-state index is -0.674. The molecule has 19 heavy (non-hydrogen) atoms. The molecule has 0 aliphatic heterocycles.